The number of nitrogens with zero attached hydrogens (tertiary/aromatic N) is 3. The van der Waals surface area contributed by atoms with Gasteiger partial charge in [-0.25, -0.2) is 0 Å². The Morgan fingerprint density at radius 3 is 2.77 bits per heavy atom. The van der Waals surface area contributed by atoms with Crippen molar-refractivity contribution in [3.05, 3.63) is 65.5 Å². The van der Waals surface area contributed by atoms with Gasteiger partial charge in [-0.1, -0.05) is 41.6 Å². The van der Waals surface area contributed by atoms with Crippen LogP contribution in [0.1, 0.15) is 35.8 Å². The van der Waals surface area contributed by atoms with E-state index in [9.17, 15) is 4.79 Å². The lowest BCUT2D eigenvalue weighted by Gasteiger charge is -2.17. The van der Waals surface area contributed by atoms with Gasteiger partial charge in [0.1, 0.15) is 0 Å². The van der Waals surface area contributed by atoms with E-state index < -0.39 is 0 Å². The molecule has 0 spiro atoms. The molecule has 1 fully saturated rings. The lowest BCUT2D eigenvalue weighted by molar-refractivity contribution is -0.117. The Kier molecular flexibility index (Phi) is 3.59. The van der Waals surface area contributed by atoms with Gasteiger partial charge in [0.05, 0.1) is 5.92 Å². The standard InChI is InChI=1S/C21H19N3O2/c25-19-12-17(21-22-20(23-26-21)15-5-2-1-3-6-15)13-24(19)18-10-9-14-7-4-8-16(14)11-18/h1-3,5-6,9-11,17H,4,7-8,12-13H2. The van der Waals surface area contributed by atoms with E-state index in [0.717, 1.165) is 24.1 Å². The fourth-order valence-electron chi connectivity index (χ4n) is 3.95. The van der Waals surface area contributed by atoms with Crippen LogP contribution in [-0.2, 0) is 17.6 Å². The molecule has 1 aliphatic carbocycles. The van der Waals surface area contributed by atoms with Crippen LogP contribution in [0.15, 0.2) is 53.1 Å². The Morgan fingerprint density at radius 2 is 1.88 bits per heavy atom. The molecule has 3 aromatic rings. The summed E-state index contributed by atoms with van der Waals surface area (Å²) >= 11 is 0. The zero-order valence-corrected chi connectivity index (χ0v) is 14.4. The minimum atomic E-state index is -0.0549. The third kappa shape index (κ3) is 2.60. The molecule has 2 aliphatic rings. The molecule has 1 atom stereocenters. The van der Waals surface area contributed by atoms with E-state index in [-0.39, 0.29) is 11.8 Å². The zero-order valence-electron chi connectivity index (χ0n) is 14.4. The van der Waals surface area contributed by atoms with Crippen molar-refractivity contribution < 1.29 is 9.32 Å². The number of aromatic nitrogens is 2. The molecule has 5 rings (SSSR count). The van der Waals surface area contributed by atoms with Crippen LogP contribution in [-0.4, -0.2) is 22.6 Å². The van der Waals surface area contributed by atoms with Gasteiger partial charge in [0, 0.05) is 24.2 Å². The van der Waals surface area contributed by atoms with Gasteiger partial charge < -0.3 is 9.42 Å². The number of fused-ring (bicyclic) bond motifs is 1. The average molecular weight is 345 g/mol. The molecule has 1 unspecified atom stereocenters. The largest absolute Gasteiger partial charge is 0.339 e. The predicted molar refractivity (Wildman–Crippen MR) is 97.9 cm³/mol. The molecule has 1 saturated heterocycles. The van der Waals surface area contributed by atoms with E-state index in [1.807, 2.05) is 35.2 Å². The molecule has 1 amide bonds. The molecule has 0 saturated carbocycles. The van der Waals surface area contributed by atoms with Gasteiger partial charge in [-0.2, -0.15) is 4.98 Å². The van der Waals surface area contributed by atoms with E-state index >= 15 is 0 Å². The lowest BCUT2D eigenvalue weighted by Crippen LogP contribution is -2.24. The van der Waals surface area contributed by atoms with Crippen LogP contribution in [0.25, 0.3) is 11.4 Å². The van der Waals surface area contributed by atoms with Crippen molar-refractivity contribution in [2.24, 2.45) is 0 Å². The molecule has 0 N–H and O–H groups in total. The fourth-order valence-corrected chi connectivity index (χ4v) is 3.95. The summed E-state index contributed by atoms with van der Waals surface area (Å²) in [7, 11) is 0. The first-order valence-corrected chi connectivity index (χ1v) is 9.09. The molecule has 0 bridgehead atoms. The summed E-state index contributed by atoms with van der Waals surface area (Å²) in [6, 6.07) is 16.1. The first-order chi connectivity index (χ1) is 12.8. The van der Waals surface area contributed by atoms with E-state index in [1.54, 1.807) is 0 Å². The molecular weight excluding hydrogens is 326 g/mol. The minimum Gasteiger partial charge on any atom is -0.339 e. The normalized spacial score (nSPS) is 19.2. The number of aryl methyl sites for hydroxylation is 2. The molecule has 1 aliphatic heterocycles. The summed E-state index contributed by atoms with van der Waals surface area (Å²) in [6.45, 7) is 0.591. The molecule has 2 aromatic carbocycles. The van der Waals surface area contributed by atoms with Crippen molar-refractivity contribution in [2.75, 3.05) is 11.4 Å². The van der Waals surface area contributed by atoms with Gasteiger partial charge in [0.25, 0.3) is 0 Å². The van der Waals surface area contributed by atoms with Crippen molar-refractivity contribution in [1.29, 1.82) is 0 Å². The Labute approximate surface area is 151 Å². The van der Waals surface area contributed by atoms with Crippen molar-refractivity contribution >= 4 is 11.6 Å². The number of rotatable bonds is 3. The van der Waals surface area contributed by atoms with Crippen molar-refractivity contribution in [1.82, 2.24) is 10.1 Å². The monoisotopic (exact) mass is 345 g/mol. The summed E-state index contributed by atoms with van der Waals surface area (Å²) in [5.74, 6) is 1.18. The van der Waals surface area contributed by atoms with Crippen LogP contribution in [0.3, 0.4) is 0 Å². The number of carbonyl (C=O) groups excluding carboxylic acids is 1. The highest BCUT2D eigenvalue weighted by Gasteiger charge is 2.35. The first kappa shape index (κ1) is 15.3. The minimum absolute atomic E-state index is 0.0549. The second-order valence-electron chi connectivity index (χ2n) is 7.03. The number of benzene rings is 2. The van der Waals surface area contributed by atoms with Gasteiger partial charge in [-0.15, -0.1) is 0 Å². The SMILES string of the molecule is O=C1CC(c2nc(-c3ccccc3)no2)CN1c1ccc2c(c1)CCC2. The Balaban J connectivity index is 1.38. The molecule has 26 heavy (non-hydrogen) atoms. The average Bonchev–Trinajstić information content (AvgIpc) is 3.41. The molecule has 5 heteroatoms. The van der Waals surface area contributed by atoms with Crippen molar-refractivity contribution in [2.45, 2.75) is 31.6 Å². The summed E-state index contributed by atoms with van der Waals surface area (Å²) in [5.41, 5.74) is 4.70. The summed E-state index contributed by atoms with van der Waals surface area (Å²) < 4.78 is 5.47. The highest BCUT2D eigenvalue weighted by molar-refractivity contribution is 5.96. The van der Waals surface area contributed by atoms with Crippen LogP contribution >= 0.6 is 0 Å². The van der Waals surface area contributed by atoms with Gasteiger partial charge in [0.15, 0.2) is 0 Å². The molecule has 0 radical (unpaired) electrons. The van der Waals surface area contributed by atoms with Gasteiger partial charge >= 0.3 is 0 Å². The van der Waals surface area contributed by atoms with Crippen LogP contribution < -0.4 is 4.90 Å². The van der Waals surface area contributed by atoms with Gasteiger partial charge in [-0.05, 0) is 42.5 Å². The predicted octanol–water partition coefficient (Wildman–Crippen LogP) is 3.75. The third-order valence-corrected chi connectivity index (χ3v) is 5.34. The molecule has 130 valence electrons. The van der Waals surface area contributed by atoms with E-state index in [0.29, 0.717) is 24.7 Å². The Bertz CT molecular complexity index is 964. The second kappa shape index (κ2) is 6.09. The lowest BCUT2D eigenvalue weighted by atomic mass is 10.1. The Hall–Kier alpha value is -2.95. The summed E-state index contributed by atoms with van der Waals surface area (Å²) in [6.07, 6.45) is 3.88. The van der Waals surface area contributed by atoms with E-state index in [1.165, 1.54) is 17.5 Å². The maximum Gasteiger partial charge on any atom is 0.232 e. The van der Waals surface area contributed by atoms with Crippen LogP contribution in [0, 0.1) is 0 Å². The molecule has 5 nitrogen and oxygen atoms in total. The van der Waals surface area contributed by atoms with E-state index in [4.69, 9.17) is 4.52 Å². The molecule has 2 heterocycles. The fraction of sp³-hybridized carbons (Fsp3) is 0.286. The number of hydrogen-bond acceptors (Lipinski definition) is 4. The molecule has 1 aromatic heterocycles. The summed E-state index contributed by atoms with van der Waals surface area (Å²) in [4.78, 5) is 19.0. The highest BCUT2D eigenvalue weighted by Crippen LogP contribution is 2.34. The second-order valence-corrected chi connectivity index (χ2v) is 7.03. The van der Waals surface area contributed by atoms with Crippen LogP contribution in [0.5, 0.6) is 0 Å². The maximum absolute atomic E-state index is 12.6. The first-order valence-electron chi connectivity index (χ1n) is 9.09. The van der Waals surface area contributed by atoms with Crippen molar-refractivity contribution in [3.8, 4) is 11.4 Å². The van der Waals surface area contributed by atoms with Crippen LogP contribution in [0.2, 0.25) is 0 Å². The number of anilines is 1. The smallest absolute Gasteiger partial charge is 0.232 e. The number of hydrogen-bond donors (Lipinski definition) is 0. The van der Waals surface area contributed by atoms with Crippen LogP contribution in [0.4, 0.5) is 5.69 Å². The zero-order chi connectivity index (χ0) is 17.5. The number of amides is 1. The van der Waals surface area contributed by atoms with Gasteiger partial charge in [-0.3, -0.25) is 4.79 Å². The summed E-state index contributed by atoms with van der Waals surface area (Å²) in [5, 5.41) is 4.09. The Morgan fingerprint density at radius 1 is 1.04 bits per heavy atom. The maximum atomic E-state index is 12.6. The highest BCUT2D eigenvalue weighted by atomic mass is 16.5. The number of carbonyl (C=O) groups is 1. The molecular formula is C21H19N3O2. The van der Waals surface area contributed by atoms with Gasteiger partial charge in [0.2, 0.25) is 17.6 Å². The third-order valence-electron chi connectivity index (χ3n) is 5.34. The quantitative estimate of drug-likeness (QED) is 0.725. The van der Waals surface area contributed by atoms with E-state index in [2.05, 4.69) is 28.3 Å². The topological polar surface area (TPSA) is 59.2 Å². The van der Waals surface area contributed by atoms with Crippen molar-refractivity contribution in [3.63, 3.8) is 0 Å².